The van der Waals surface area contributed by atoms with Gasteiger partial charge in [0.1, 0.15) is 11.5 Å². The summed E-state index contributed by atoms with van der Waals surface area (Å²) in [6.07, 6.45) is 3.06. The van der Waals surface area contributed by atoms with Crippen molar-refractivity contribution in [3.05, 3.63) is 23.3 Å². The van der Waals surface area contributed by atoms with E-state index in [1.54, 1.807) is 14.2 Å². The Hall–Kier alpha value is -1.22. The average Bonchev–Trinajstić information content (AvgIpc) is 3.11. The molecule has 0 aliphatic heterocycles. The van der Waals surface area contributed by atoms with Gasteiger partial charge in [-0.2, -0.15) is 0 Å². The monoisotopic (exact) mass is 236 g/mol. The lowest BCUT2D eigenvalue weighted by Gasteiger charge is -2.17. The number of hydrogen-bond acceptors (Lipinski definition) is 3. The van der Waals surface area contributed by atoms with E-state index in [4.69, 9.17) is 9.47 Å². The lowest BCUT2D eigenvalue weighted by Crippen LogP contribution is -2.11. The second-order valence-electron chi connectivity index (χ2n) is 4.97. The smallest absolute Gasteiger partial charge is 0.122 e. The van der Waals surface area contributed by atoms with Gasteiger partial charge in [0.05, 0.1) is 14.2 Å². The Balaban J connectivity index is 2.31. The minimum Gasteiger partial charge on any atom is -0.496 e. The van der Waals surface area contributed by atoms with E-state index in [0.717, 1.165) is 41.9 Å². The summed E-state index contributed by atoms with van der Waals surface area (Å²) in [7, 11) is 3.36. The molecule has 1 aromatic carbocycles. The second-order valence-corrected chi connectivity index (χ2v) is 4.97. The van der Waals surface area contributed by atoms with Crippen molar-refractivity contribution < 1.29 is 14.6 Å². The summed E-state index contributed by atoms with van der Waals surface area (Å²) in [4.78, 5) is 0. The summed E-state index contributed by atoms with van der Waals surface area (Å²) >= 11 is 0. The van der Waals surface area contributed by atoms with Crippen LogP contribution in [0.25, 0.3) is 0 Å². The molecule has 0 atom stereocenters. The van der Waals surface area contributed by atoms with Crippen molar-refractivity contribution in [3.63, 3.8) is 0 Å². The van der Waals surface area contributed by atoms with Gasteiger partial charge in [0.2, 0.25) is 0 Å². The molecule has 0 spiro atoms. The highest BCUT2D eigenvalue weighted by Gasteiger charge is 2.42. The molecule has 1 N–H and O–H groups in total. The van der Waals surface area contributed by atoms with Crippen LogP contribution in [0.3, 0.4) is 0 Å². The van der Waals surface area contributed by atoms with Crippen molar-refractivity contribution in [1.29, 1.82) is 0 Å². The Kier molecular flexibility index (Phi) is 3.29. The number of aryl methyl sites for hydroxylation is 1. The molecule has 0 saturated heterocycles. The van der Waals surface area contributed by atoms with Crippen LogP contribution in [0.2, 0.25) is 0 Å². The lowest BCUT2D eigenvalue weighted by molar-refractivity contribution is 0.210. The van der Waals surface area contributed by atoms with Crippen LogP contribution in [0.15, 0.2) is 12.1 Å². The molecule has 0 unspecified atom stereocenters. The maximum atomic E-state index is 9.39. The number of rotatable bonds is 5. The fourth-order valence-corrected chi connectivity index (χ4v) is 2.22. The van der Waals surface area contributed by atoms with Gasteiger partial charge in [-0.15, -0.1) is 0 Å². The van der Waals surface area contributed by atoms with Gasteiger partial charge in [-0.05, 0) is 54.9 Å². The van der Waals surface area contributed by atoms with Gasteiger partial charge in [0.15, 0.2) is 0 Å². The molecule has 94 valence electrons. The predicted molar refractivity (Wildman–Crippen MR) is 66.7 cm³/mol. The first-order chi connectivity index (χ1) is 8.14. The van der Waals surface area contributed by atoms with Gasteiger partial charge >= 0.3 is 0 Å². The molecule has 1 aliphatic rings. The largest absolute Gasteiger partial charge is 0.496 e. The Morgan fingerprint density at radius 1 is 1.18 bits per heavy atom. The Morgan fingerprint density at radius 3 is 2.29 bits per heavy atom. The third kappa shape index (κ3) is 2.39. The average molecular weight is 236 g/mol. The summed E-state index contributed by atoms with van der Waals surface area (Å²) in [6.45, 7) is 2.26. The first kappa shape index (κ1) is 12.2. The SMILES string of the molecule is COc1cc(CC2(CO)CC2)c(OC)cc1C. The quantitative estimate of drug-likeness (QED) is 0.852. The molecule has 0 amide bonds. The van der Waals surface area contributed by atoms with Gasteiger partial charge in [0.25, 0.3) is 0 Å². The highest BCUT2D eigenvalue weighted by molar-refractivity contribution is 5.46. The maximum Gasteiger partial charge on any atom is 0.122 e. The molecular weight excluding hydrogens is 216 g/mol. The number of aliphatic hydroxyl groups excluding tert-OH is 1. The molecule has 3 heteroatoms. The van der Waals surface area contributed by atoms with Crippen LogP contribution in [-0.2, 0) is 6.42 Å². The fraction of sp³-hybridized carbons (Fsp3) is 0.571. The highest BCUT2D eigenvalue weighted by atomic mass is 16.5. The van der Waals surface area contributed by atoms with E-state index in [2.05, 4.69) is 0 Å². The maximum absolute atomic E-state index is 9.39. The standard InChI is InChI=1S/C14H20O3/c1-10-6-13(17-3)11(7-12(10)16-2)8-14(9-15)4-5-14/h6-7,15H,4-5,8-9H2,1-3H3. The van der Waals surface area contributed by atoms with Crippen LogP contribution in [0.5, 0.6) is 11.5 Å². The number of aliphatic hydroxyl groups is 1. The van der Waals surface area contributed by atoms with Gasteiger partial charge in [-0.3, -0.25) is 0 Å². The topological polar surface area (TPSA) is 38.7 Å². The Bertz CT molecular complexity index is 408. The molecule has 2 rings (SSSR count). The number of ether oxygens (including phenoxy) is 2. The van der Waals surface area contributed by atoms with E-state index in [-0.39, 0.29) is 12.0 Å². The summed E-state index contributed by atoms with van der Waals surface area (Å²) in [5, 5.41) is 9.39. The Morgan fingerprint density at radius 2 is 1.82 bits per heavy atom. The summed E-state index contributed by atoms with van der Waals surface area (Å²) < 4.78 is 10.7. The van der Waals surface area contributed by atoms with Crippen molar-refractivity contribution >= 4 is 0 Å². The second kappa shape index (κ2) is 4.57. The molecule has 1 fully saturated rings. The predicted octanol–water partition coefficient (Wildman–Crippen LogP) is 2.33. The fourth-order valence-electron chi connectivity index (χ4n) is 2.22. The number of methoxy groups -OCH3 is 2. The third-order valence-corrected chi connectivity index (χ3v) is 3.66. The third-order valence-electron chi connectivity index (χ3n) is 3.66. The first-order valence-corrected chi connectivity index (χ1v) is 5.96. The van der Waals surface area contributed by atoms with Crippen molar-refractivity contribution in [2.24, 2.45) is 5.41 Å². The van der Waals surface area contributed by atoms with Gasteiger partial charge < -0.3 is 14.6 Å². The van der Waals surface area contributed by atoms with Gasteiger partial charge in [-0.1, -0.05) is 0 Å². The van der Waals surface area contributed by atoms with E-state index in [1.807, 2.05) is 19.1 Å². The molecule has 3 nitrogen and oxygen atoms in total. The first-order valence-electron chi connectivity index (χ1n) is 5.96. The van der Waals surface area contributed by atoms with Crippen LogP contribution < -0.4 is 9.47 Å². The van der Waals surface area contributed by atoms with Crippen LogP contribution in [0.1, 0.15) is 24.0 Å². The molecule has 1 aromatic rings. The van der Waals surface area contributed by atoms with Crippen molar-refractivity contribution in [3.8, 4) is 11.5 Å². The van der Waals surface area contributed by atoms with E-state index < -0.39 is 0 Å². The normalized spacial score (nSPS) is 16.7. The van der Waals surface area contributed by atoms with Gasteiger partial charge in [0, 0.05) is 6.61 Å². The molecule has 17 heavy (non-hydrogen) atoms. The minimum atomic E-state index is 0.0908. The molecular formula is C14H20O3. The molecule has 0 aromatic heterocycles. The number of benzene rings is 1. The molecule has 0 heterocycles. The zero-order chi connectivity index (χ0) is 12.5. The summed E-state index contributed by atoms with van der Waals surface area (Å²) in [5.41, 5.74) is 2.29. The van der Waals surface area contributed by atoms with Crippen LogP contribution in [-0.4, -0.2) is 25.9 Å². The molecule has 1 saturated carbocycles. The summed E-state index contributed by atoms with van der Waals surface area (Å²) in [6, 6.07) is 4.03. The van der Waals surface area contributed by atoms with Crippen LogP contribution in [0, 0.1) is 12.3 Å². The van der Waals surface area contributed by atoms with Crippen LogP contribution >= 0.6 is 0 Å². The zero-order valence-electron chi connectivity index (χ0n) is 10.7. The van der Waals surface area contributed by atoms with E-state index in [1.165, 1.54) is 0 Å². The van der Waals surface area contributed by atoms with E-state index >= 15 is 0 Å². The molecule has 1 aliphatic carbocycles. The van der Waals surface area contributed by atoms with Crippen molar-refractivity contribution in [2.75, 3.05) is 20.8 Å². The molecule has 0 bridgehead atoms. The highest BCUT2D eigenvalue weighted by Crippen LogP contribution is 2.49. The Labute approximate surface area is 102 Å². The van der Waals surface area contributed by atoms with E-state index in [9.17, 15) is 5.11 Å². The van der Waals surface area contributed by atoms with Gasteiger partial charge in [-0.25, -0.2) is 0 Å². The van der Waals surface area contributed by atoms with Crippen molar-refractivity contribution in [2.45, 2.75) is 26.2 Å². The minimum absolute atomic E-state index is 0.0908. The zero-order valence-corrected chi connectivity index (χ0v) is 10.7. The molecule has 0 radical (unpaired) electrons. The van der Waals surface area contributed by atoms with Crippen molar-refractivity contribution in [1.82, 2.24) is 0 Å². The van der Waals surface area contributed by atoms with E-state index in [0.29, 0.717) is 0 Å². The lowest BCUT2D eigenvalue weighted by atomic mass is 9.95. The number of hydrogen-bond donors (Lipinski definition) is 1. The summed E-state index contributed by atoms with van der Waals surface area (Å²) in [5.74, 6) is 1.78. The van der Waals surface area contributed by atoms with Crippen LogP contribution in [0.4, 0.5) is 0 Å².